The summed E-state index contributed by atoms with van der Waals surface area (Å²) >= 11 is 0. The maximum Gasteiger partial charge on any atom is 0.293 e. The van der Waals surface area contributed by atoms with E-state index >= 15 is 0 Å². The highest BCUT2D eigenvalue weighted by Gasteiger charge is 2.44. The van der Waals surface area contributed by atoms with Crippen molar-refractivity contribution in [2.45, 2.75) is 25.3 Å². The fraction of sp³-hybridized carbons (Fsp3) is 0.333. The summed E-state index contributed by atoms with van der Waals surface area (Å²) in [6.07, 6.45) is 4.65. The second-order valence-corrected chi connectivity index (χ2v) is 11.5. The molecule has 5 aliphatic rings. The number of hydrazone groups is 1. The second kappa shape index (κ2) is 11.1. The summed E-state index contributed by atoms with van der Waals surface area (Å²) in [7, 11) is 0. The summed E-state index contributed by atoms with van der Waals surface area (Å²) in [6.45, 7) is 2.40. The summed E-state index contributed by atoms with van der Waals surface area (Å²) in [5.41, 5.74) is 4.26. The Balaban J connectivity index is 1.19. The SMILES string of the molecule is O=C(c1ccc(N2CCOCC2)c([N+](=O)[O-])c1)N1N=C2/C(=C/c3ccc4c(c3)OCO4)CCC[C@H]2[C@@H]1c1ccc2c(c1)OCO2. The van der Waals surface area contributed by atoms with Crippen LogP contribution in [0.25, 0.3) is 6.08 Å². The Kier molecular flexibility index (Phi) is 6.78. The molecule has 0 spiro atoms. The lowest BCUT2D eigenvalue weighted by molar-refractivity contribution is -0.384. The van der Waals surface area contributed by atoms with Gasteiger partial charge in [0, 0.05) is 30.6 Å². The normalized spacial score (nSPS) is 22.4. The summed E-state index contributed by atoms with van der Waals surface area (Å²) in [4.78, 5) is 28.0. The molecule has 2 atom stereocenters. The number of fused-ring (bicyclic) bond motifs is 3. The van der Waals surface area contributed by atoms with Crippen LogP contribution in [0.2, 0.25) is 0 Å². The number of carbonyl (C=O) groups is 1. The molecule has 8 rings (SSSR count). The van der Waals surface area contributed by atoms with Crippen LogP contribution < -0.4 is 23.8 Å². The van der Waals surface area contributed by atoms with Gasteiger partial charge in [0.1, 0.15) is 5.69 Å². The van der Waals surface area contributed by atoms with Gasteiger partial charge in [0.15, 0.2) is 23.0 Å². The number of nitro groups is 1. The molecule has 0 aromatic heterocycles. The summed E-state index contributed by atoms with van der Waals surface area (Å²) in [6, 6.07) is 15.8. The van der Waals surface area contributed by atoms with Gasteiger partial charge in [-0.1, -0.05) is 12.1 Å². The van der Waals surface area contributed by atoms with Crippen molar-refractivity contribution in [1.82, 2.24) is 5.01 Å². The van der Waals surface area contributed by atoms with Gasteiger partial charge in [0.2, 0.25) is 13.6 Å². The Bertz CT molecular complexity index is 1770. The molecule has 45 heavy (non-hydrogen) atoms. The smallest absolute Gasteiger partial charge is 0.293 e. The Labute approximate surface area is 258 Å². The van der Waals surface area contributed by atoms with E-state index in [1.165, 1.54) is 11.1 Å². The first-order chi connectivity index (χ1) is 22.0. The van der Waals surface area contributed by atoms with Crippen LogP contribution in [0.4, 0.5) is 11.4 Å². The summed E-state index contributed by atoms with van der Waals surface area (Å²) in [5, 5.41) is 18.7. The number of hydrogen-bond acceptors (Lipinski definition) is 10. The Morgan fingerprint density at radius 3 is 2.42 bits per heavy atom. The van der Waals surface area contributed by atoms with Gasteiger partial charge in [-0.2, -0.15) is 5.10 Å². The molecule has 12 heteroatoms. The van der Waals surface area contributed by atoms with Crippen molar-refractivity contribution < 1.29 is 33.4 Å². The van der Waals surface area contributed by atoms with Crippen LogP contribution in [0, 0.1) is 16.0 Å². The third-order valence-electron chi connectivity index (χ3n) is 8.96. The molecule has 2 fully saturated rings. The molecular weight excluding hydrogens is 580 g/mol. The molecule has 0 N–H and O–H groups in total. The van der Waals surface area contributed by atoms with Crippen LogP contribution in [0.5, 0.6) is 23.0 Å². The molecule has 0 bridgehead atoms. The fourth-order valence-corrected chi connectivity index (χ4v) is 6.81. The van der Waals surface area contributed by atoms with Gasteiger partial charge in [-0.15, -0.1) is 0 Å². The standard InChI is InChI=1S/C33H30N4O8/c38-33(23-5-7-25(26(16-23)37(39)40)35-10-12-41-13-11-35)36-32(22-6-9-28-30(17-22)45-19-43-28)24-3-1-2-21(31(24)34-36)14-20-4-8-27-29(15-20)44-18-42-27/h4-9,14-17,24,32H,1-3,10-13,18-19H2/b21-14+/t24-,32+/m1/s1. The van der Waals surface area contributed by atoms with Gasteiger partial charge < -0.3 is 28.6 Å². The zero-order valence-corrected chi connectivity index (χ0v) is 24.3. The van der Waals surface area contributed by atoms with Crippen LogP contribution in [0.1, 0.15) is 46.8 Å². The van der Waals surface area contributed by atoms with Gasteiger partial charge >= 0.3 is 0 Å². The number of nitrogens with zero attached hydrogens (tertiary/aromatic N) is 4. The molecule has 3 aromatic rings. The number of amides is 1. The number of benzene rings is 3. The number of morpholine rings is 1. The van der Waals surface area contributed by atoms with E-state index in [0.717, 1.165) is 41.7 Å². The van der Waals surface area contributed by atoms with Gasteiger partial charge in [-0.05, 0) is 78.4 Å². The minimum Gasteiger partial charge on any atom is -0.454 e. The highest BCUT2D eigenvalue weighted by atomic mass is 16.7. The number of anilines is 1. The molecule has 0 radical (unpaired) electrons. The zero-order valence-electron chi connectivity index (χ0n) is 24.3. The van der Waals surface area contributed by atoms with E-state index in [2.05, 4.69) is 6.08 Å². The van der Waals surface area contributed by atoms with E-state index in [1.54, 1.807) is 12.1 Å². The van der Waals surface area contributed by atoms with Crippen molar-refractivity contribution >= 4 is 29.1 Å². The molecule has 4 aliphatic heterocycles. The average Bonchev–Trinajstić information content (AvgIpc) is 3.83. The van der Waals surface area contributed by atoms with Crippen molar-refractivity contribution in [3.8, 4) is 23.0 Å². The molecule has 0 unspecified atom stereocenters. The third-order valence-corrected chi connectivity index (χ3v) is 8.96. The molecule has 3 aromatic carbocycles. The Morgan fingerprint density at radius 2 is 1.64 bits per heavy atom. The number of hydrogen-bond donors (Lipinski definition) is 0. The number of nitro benzene ring substituents is 1. The molecule has 4 heterocycles. The third kappa shape index (κ3) is 4.91. The number of allylic oxidation sites excluding steroid dienone is 1. The van der Waals surface area contributed by atoms with Crippen LogP contribution in [0.3, 0.4) is 0 Å². The van der Waals surface area contributed by atoms with Crippen molar-refractivity contribution in [1.29, 1.82) is 0 Å². The lowest BCUT2D eigenvalue weighted by Gasteiger charge is -2.30. The minimum atomic E-state index is -0.432. The highest BCUT2D eigenvalue weighted by Crippen LogP contribution is 2.47. The Morgan fingerprint density at radius 1 is 0.911 bits per heavy atom. The average molecular weight is 611 g/mol. The quantitative estimate of drug-likeness (QED) is 0.279. The predicted molar refractivity (Wildman–Crippen MR) is 163 cm³/mol. The van der Waals surface area contributed by atoms with E-state index in [4.69, 9.17) is 28.8 Å². The van der Waals surface area contributed by atoms with Crippen LogP contribution in [-0.4, -0.2) is 61.4 Å². The first-order valence-electron chi connectivity index (χ1n) is 15.1. The van der Waals surface area contributed by atoms with E-state index in [-0.39, 0.29) is 30.8 Å². The fourth-order valence-electron chi connectivity index (χ4n) is 6.81. The molecule has 1 saturated carbocycles. The van der Waals surface area contributed by atoms with E-state index < -0.39 is 16.9 Å². The van der Waals surface area contributed by atoms with Crippen LogP contribution in [-0.2, 0) is 4.74 Å². The van der Waals surface area contributed by atoms with E-state index in [9.17, 15) is 14.9 Å². The Hall–Kier alpha value is -5.10. The van der Waals surface area contributed by atoms with E-state index in [0.29, 0.717) is 55.0 Å². The van der Waals surface area contributed by atoms with E-state index in [1.807, 2.05) is 41.3 Å². The number of rotatable bonds is 5. The van der Waals surface area contributed by atoms with Gasteiger partial charge in [-0.25, -0.2) is 5.01 Å². The van der Waals surface area contributed by atoms with Crippen LogP contribution >= 0.6 is 0 Å². The zero-order chi connectivity index (χ0) is 30.5. The first-order valence-corrected chi connectivity index (χ1v) is 15.1. The van der Waals surface area contributed by atoms with Crippen molar-refractivity contribution in [2.75, 3.05) is 44.8 Å². The number of ether oxygens (including phenoxy) is 5. The van der Waals surface area contributed by atoms with Gasteiger partial charge in [0.05, 0.1) is 29.9 Å². The molecule has 1 saturated heterocycles. The topological polar surface area (TPSA) is 125 Å². The minimum absolute atomic E-state index is 0.0778. The molecule has 230 valence electrons. The molecular formula is C33H30N4O8. The van der Waals surface area contributed by atoms with Crippen molar-refractivity contribution in [3.05, 3.63) is 87.0 Å². The molecule has 1 aliphatic carbocycles. The lowest BCUT2D eigenvalue weighted by atomic mass is 9.77. The monoisotopic (exact) mass is 610 g/mol. The number of carbonyl (C=O) groups excluding carboxylic acids is 1. The summed E-state index contributed by atoms with van der Waals surface area (Å²) in [5.74, 6) is 2.19. The predicted octanol–water partition coefficient (Wildman–Crippen LogP) is 5.33. The van der Waals surface area contributed by atoms with Gasteiger partial charge in [0.25, 0.3) is 11.6 Å². The first kappa shape index (κ1) is 27.4. The highest BCUT2D eigenvalue weighted by molar-refractivity contribution is 6.09. The van der Waals surface area contributed by atoms with Crippen molar-refractivity contribution in [2.24, 2.45) is 11.0 Å². The maximum absolute atomic E-state index is 14.3. The summed E-state index contributed by atoms with van der Waals surface area (Å²) < 4.78 is 27.7. The maximum atomic E-state index is 14.3. The van der Waals surface area contributed by atoms with Gasteiger partial charge in [-0.3, -0.25) is 14.9 Å². The van der Waals surface area contributed by atoms with Crippen molar-refractivity contribution in [3.63, 3.8) is 0 Å². The largest absolute Gasteiger partial charge is 0.454 e. The second-order valence-electron chi connectivity index (χ2n) is 11.5. The molecule has 1 amide bonds. The lowest BCUT2D eigenvalue weighted by Crippen LogP contribution is -2.36. The molecule has 12 nitrogen and oxygen atoms in total. The van der Waals surface area contributed by atoms with Crippen LogP contribution in [0.15, 0.2) is 65.3 Å².